The molecule has 3 heteroatoms. The highest BCUT2D eigenvalue weighted by Gasteiger charge is 2.32. The second-order valence-electron chi connectivity index (χ2n) is 9.17. The molecule has 3 nitrogen and oxygen atoms in total. The third kappa shape index (κ3) is 6.22. The van der Waals surface area contributed by atoms with Crippen molar-refractivity contribution in [2.24, 2.45) is 5.92 Å². The molecule has 0 amide bonds. The van der Waals surface area contributed by atoms with Crippen LogP contribution in [0.5, 0.6) is 5.75 Å². The molecule has 0 radical (unpaired) electrons. The fraction of sp³-hybridized carbons (Fsp3) is 0.750. The van der Waals surface area contributed by atoms with Crippen molar-refractivity contribution in [3.8, 4) is 5.75 Å². The van der Waals surface area contributed by atoms with E-state index in [1.54, 1.807) is 0 Å². The highest BCUT2D eigenvalue weighted by atomic mass is 16.3. The maximum Gasteiger partial charge on any atom is 0.119 e. The summed E-state index contributed by atoms with van der Waals surface area (Å²) in [6.07, 6.45) is 10.1. The van der Waals surface area contributed by atoms with Gasteiger partial charge >= 0.3 is 0 Å². The third-order valence-electron chi connectivity index (χ3n) is 6.57. The zero-order valence-electron chi connectivity index (χ0n) is 17.6. The van der Waals surface area contributed by atoms with E-state index in [2.05, 4.69) is 32.9 Å². The van der Waals surface area contributed by atoms with Crippen LogP contribution in [0, 0.1) is 5.92 Å². The molecule has 2 rings (SSSR count). The van der Waals surface area contributed by atoms with Gasteiger partial charge in [-0.3, -0.25) is 0 Å². The van der Waals surface area contributed by atoms with Crippen LogP contribution in [0.2, 0.25) is 0 Å². The summed E-state index contributed by atoms with van der Waals surface area (Å²) in [7, 11) is 0. The predicted molar refractivity (Wildman–Crippen MR) is 112 cm³/mol. The fourth-order valence-electron chi connectivity index (χ4n) is 4.71. The Morgan fingerprint density at radius 3 is 2.52 bits per heavy atom. The molecule has 0 unspecified atom stereocenters. The van der Waals surface area contributed by atoms with Gasteiger partial charge in [-0.05, 0) is 73.0 Å². The predicted octanol–water partition coefficient (Wildman–Crippen LogP) is 5.66. The van der Waals surface area contributed by atoms with Gasteiger partial charge in [-0.2, -0.15) is 0 Å². The third-order valence-corrected chi connectivity index (χ3v) is 6.57. The number of rotatable bonds is 10. The molecule has 0 spiro atoms. The van der Waals surface area contributed by atoms with Gasteiger partial charge in [-0.25, -0.2) is 0 Å². The molecule has 1 aliphatic rings. The largest absolute Gasteiger partial charge is 0.508 e. The molecule has 3 N–H and O–H groups in total. The van der Waals surface area contributed by atoms with E-state index >= 15 is 0 Å². The van der Waals surface area contributed by atoms with Crippen molar-refractivity contribution in [2.75, 3.05) is 6.61 Å². The van der Waals surface area contributed by atoms with Gasteiger partial charge in [0.05, 0.1) is 6.10 Å². The van der Waals surface area contributed by atoms with E-state index in [4.69, 9.17) is 0 Å². The standard InChI is InChI=1S/C24H40O3/c1-4-5-6-7-14-24(2,3)19-11-13-21(23(27)16-19)22-17-20(26)12-10-18(22)9-8-15-25/h11,13,16,18,20,22,25-27H,4-10,12,14-15,17H2,1-3H3/t18-,20+,22+/m1/s1. The number of unbranched alkanes of at least 4 members (excludes halogenated alkanes) is 3. The number of aliphatic hydroxyl groups excluding tert-OH is 2. The molecule has 154 valence electrons. The van der Waals surface area contributed by atoms with Gasteiger partial charge in [0.15, 0.2) is 0 Å². The molecule has 1 saturated carbocycles. The lowest BCUT2D eigenvalue weighted by Gasteiger charge is -2.35. The first-order valence-electron chi connectivity index (χ1n) is 11.0. The van der Waals surface area contributed by atoms with Crippen molar-refractivity contribution in [2.45, 2.75) is 102 Å². The van der Waals surface area contributed by atoms with Crippen molar-refractivity contribution < 1.29 is 15.3 Å². The van der Waals surface area contributed by atoms with Crippen molar-refractivity contribution in [3.05, 3.63) is 29.3 Å². The summed E-state index contributed by atoms with van der Waals surface area (Å²) in [6.45, 7) is 6.98. The maximum absolute atomic E-state index is 10.8. The molecule has 0 saturated heterocycles. The Kier molecular flexibility index (Phi) is 8.62. The number of hydrogen-bond donors (Lipinski definition) is 3. The van der Waals surface area contributed by atoms with Crippen LogP contribution >= 0.6 is 0 Å². The minimum absolute atomic E-state index is 0.0616. The van der Waals surface area contributed by atoms with Crippen molar-refractivity contribution in [1.82, 2.24) is 0 Å². The molecule has 27 heavy (non-hydrogen) atoms. The molecule has 0 bridgehead atoms. The lowest BCUT2D eigenvalue weighted by molar-refractivity contribution is 0.0879. The first-order chi connectivity index (χ1) is 12.9. The SMILES string of the molecule is CCCCCCC(C)(C)c1ccc([C@H]2C[C@@H](O)CC[C@H]2CCCO)c(O)c1. The summed E-state index contributed by atoms with van der Waals surface area (Å²) in [5.74, 6) is 0.989. The minimum atomic E-state index is -0.283. The molecule has 1 aliphatic carbocycles. The first kappa shape index (κ1) is 22.2. The summed E-state index contributed by atoms with van der Waals surface area (Å²) in [6, 6.07) is 6.23. The molecule has 1 aromatic carbocycles. The molecular weight excluding hydrogens is 336 g/mol. The second kappa shape index (κ2) is 10.5. The van der Waals surface area contributed by atoms with Crippen LogP contribution in [0.4, 0.5) is 0 Å². The highest BCUT2D eigenvalue weighted by molar-refractivity contribution is 5.42. The Morgan fingerprint density at radius 2 is 1.85 bits per heavy atom. The summed E-state index contributed by atoms with van der Waals surface area (Å²) >= 11 is 0. The molecule has 1 fully saturated rings. The second-order valence-corrected chi connectivity index (χ2v) is 9.17. The Balaban J connectivity index is 2.13. The lowest BCUT2D eigenvalue weighted by atomic mass is 9.71. The van der Waals surface area contributed by atoms with Crippen LogP contribution in [0.15, 0.2) is 18.2 Å². The maximum atomic E-state index is 10.8. The average molecular weight is 377 g/mol. The van der Waals surface area contributed by atoms with E-state index in [0.29, 0.717) is 18.1 Å². The number of aliphatic hydroxyl groups is 2. The number of hydrogen-bond acceptors (Lipinski definition) is 3. The van der Waals surface area contributed by atoms with Crippen LogP contribution in [0.3, 0.4) is 0 Å². The topological polar surface area (TPSA) is 60.7 Å². The summed E-state index contributed by atoms with van der Waals surface area (Å²) in [5.41, 5.74) is 2.23. The Labute approximate surface area is 165 Å². The normalized spacial score (nSPS) is 23.5. The van der Waals surface area contributed by atoms with Crippen molar-refractivity contribution in [3.63, 3.8) is 0 Å². The fourth-order valence-corrected chi connectivity index (χ4v) is 4.71. The minimum Gasteiger partial charge on any atom is -0.508 e. The smallest absolute Gasteiger partial charge is 0.119 e. The Bertz CT molecular complexity index is 565. The van der Waals surface area contributed by atoms with Crippen LogP contribution in [0.1, 0.15) is 102 Å². The first-order valence-corrected chi connectivity index (χ1v) is 11.0. The van der Waals surface area contributed by atoms with E-state index in [9.17, 15) is 15.3 Å². The number of phenols is 1. The van der Waals surface area contributed by atoms with Gasteiger partial charge in [-0.1, -0.05) is 58.6 Å². The van der Waals surface area contributed by atoms with Gasteiger partial charge in [0.1, 0.15) is 5.75 Å². The van der Waals surface area contributed by atoms with Gasteiger partial charge in [0, 0.05) is 6.61 Å². The van der Waals surface area contributed by atoms with Crippen molar-refractivity contribution in [1.29, 1.82) is 0 Å². The number of aromatic hydroxyl groups is 1. The molecular formula is C24H40O3. The van der Waals surface area contributed by atoms with Gasteiger partial charge in [0.2, 0.25) is 0 Å². The summed E-state index contributed by atoms with van der Waals surface area (Å²) < 4.78 is 0. The monoisotopic (exact) mass is 376 g/mol. The van der Waals surface area contributed by atoms with Gasteiger partial charge < -0.3 is 15.3 Å². The zero-order valence-corrected chi connectivity index (χ0v) is 17.6. The molecule has 3 atom stereocenters. The van der Waals surface area contributed by atoms with Gasteiger partial charge in [-0.15, -0.1) is 0 Å². The van der Waals surface area contributed by atoms with Crippen molar-refractivity contribution >= 4 is 0 Å². The quantitative estimate of drug-likeness (QED) is 0.462. The van der Waals surface area contributed by atoms with Crippen LogP contribution in [-0.2, 0) is 5.41 Å². The molecule has 0 heterocycles. The van der Waals surface area contributed by atoms with E-state index in [1.165, 1.54) is 31.2 Å². The summed E-state index contributed by atoms with van der Waals surface area (Å²) in [5, 5.41) is 30.2. The molecule has 1 aromatic rings. The van der Waals surface area contributed by atoms with Crippen LogP contribution in [0.25, 0.3) is 0 Å². The lowest BCUT2D eigenvalue weighted by Crippen LogP contribution is -2.27. The van der Waals surface area contributed by atoms with E-state index < -0.39 is 0 Å². The number of benzene rings is 1. The van der Waals surface area contributed by atoms with Crippen LogP contribution in [-0.4, -0.2) is 28.0 Å². The Hall–Kier alpha value is -1.06. The van der Waals surface area contributed by atoms with E-state index in [-0.39, 0.29) is 24.0 Å². The average Bonchev–Trinajstić information content (AvgIpc) is 2.64. The highest BCUT2D eigenvalue weighted by Crippen LogP contribution is 2.44. The zero-order chi connectivity index (χ0) is 19.9. The molecule has 0 aliphatic heterocycles. The van der Waals surface area contributed by atoms with E-state index in [1.807, 2.05) is 6.07 Å². The van der Waals surface area contributed by atoms with Crippen LogP contribution < -0.4 is 0 Å². The number of phenolic OH excluding ortho intramolecular Hbond substituents is 1. The molecule has 0 aromatic heterocycles. The Morgan fingerprint density at radius 1 is 1.07 bits per heavy atom. The summed E-state index contributed by atoms with van der Waals surface area (Å²) in [4.78, 5) is 0. The van der Waals surface area contributed by atoms with Gasteiger partial charge in [0.25, 0.3) is 0 Å². The van der Waals surface area contributed by atoms with E-state index in [0.717, 1.165) is 37.7 Å².